The Balaban J connectivity index is 1.58. The molecule has 2 N–H and O–H groups in total. The van der Waals surface area contributed by atoms with Crippen molar-refractivity contribution in [2.24, 2.45) is 0 Å². The summed E-state index contributed by atoms with van der Waals surface area (Å²) >= 11 is 1.17. The monoisotopic (exact) mass is 431 g/mol. The van der Waals surface area contributed by atoms with Gasteiger partial charge in [-0.25, -0.2) is 8.78 Å². The molecule has 0 radical (unpaired) electrons. The third-order valence-electron chi connectivity index (χ3n) is 4.04. The second-order valence-electron chi connectivity index (χ2n) is 6.19. The number of para-hydroxylation sites is 1. The highest BCUT2D eigenvalue weighted by molar-refractivity contribution is 7.99. The summed E-state index contributed by atoms with van der Waals surface area (Å²) in [6.07, 6.45) is -0.0858. The van der Waals surface area contributed by atoms with Crippen LogP contribution in [-0.2, 0) is 22.6 Å². The number of rotatable bonds is 8. The van der Waals surface area contributed by atoms with E-state index in [2.05, 4.69) is 20.8 Å². The predicted octanol–water partition coefficient (Wildman–Crippen LogP) is 3.49. The molecule has 0 bridgehead atoms. The topological polar surface area (TPSA) is 88.9 Å². The van der Waals surface area contributed by atoms with E-state index in [1.54, 1.807) is 10.6 Å². The van der Waals surface area contributed by atoms with E-state index in [1.165, 1.54) is 54.2 Å². The molecular formula is C20H19F2N5O2S. The van der Waals surface area contributed by atoms with Crippen LogP contribution in [0.4, 0.5) is 20.2 Å². The zero-order valence-electron chi connectivity index (χ0n) is 16.1. The molecule has 0 aliphatic carbocycles. The van der Waals surface area contributed by atoms with Crippen molar-refractivity contribution in [1.29, 1.82) is 0 Å². The molecule has 0 aliphatic heterocycles. The van der Waals surface area contributed by atoms with Crippen molar-refractivity contribution < 1.29 is 18.4 Å². The van der Waals surface area contributed by atoms with Crippen molar-refractivity contribution in [3.63, 3.8) is 0 Å². The van der Waals surface area contributed by atoms with Gasteiger partial charge >= 0.3 is 0 Å². The number of thioether (sulfide) groups is 1. The summed E-state index contributed by atoms with van der Waals surface area (Å²) in [5.74, 6) is -1.13. The van der Waals surface area contributed by atoms with Gasteiger partial charge in [0, 0.05) is 12.2 Å². The lowest BCUT2D eigenvalue weighted by Gasteiger charge is -2.09. The van der Waals surface area contributed by atoms with Crippen molar-refractivity contribution >= 4 is 35.0 Å². The molecule has 0 atom stereocenters. The third-order valence-corrected chi connectivity index (χ3v) is 5.00. The van der Waals surface area contributed by atoms with Crippen LogP contribution in [-0.4, -0.2) is 32.3 Å². The van der Waals surface area contributed by atoms with Crippen LogP contribution in [0.1, 0.15) is 12.7 Å². The van der Waals surface area contributed by atoms with E-state index in [0.29, 0.717) is 23.2 Å². The van der Waals surface area contributed by atoms with E-state index >= 15 is 0 Å². The van der Waals surface area contributed by atoms with Crippen LogP contribution in [0.3, 0.4) is 0 Å². The first-order chi connectivity index (χ1) is 14.5. The van der Waals surface area contributed by atoms with Crippen LogP contribution in [0.5, 0.6) is 0 Å². The van der Waals surface area contributed by atoms with Gasteiger partial charge in [0.1, 0.15) is 17.5 Å². The fraction of sp³-hybridized carbons (Fsp3) is 0.200. The highest BCUT2D eigenvalue weighted by Crippen LogP contribution is 2.19. The van der Waals surface area contributed by atoms with E-state index in [0.717, 1.165) is 0 Å². The number of hydrogen-bond donors (Lipinski definition) is 2. The molecule has 0 unspecified atom stereocenters. The molecule has 0 fully saturated rings. The van der Waals surface area contributed by atoms with E-state index < -0.39 is 11.7 Å². The standard InChI is InChI=1S/C20H19F2N5O2S/c1-2-27-17(11-18(28)24-16-6-4-3-5-15(16)22)25-26-20(27)30-12-19(29)23-14-9-7-13(21)8-10-14/h3-10H,2,11-12H2,1H3,(H,23,29)(H,24,28). The van der Waals surface area contributed by atoms with Crippen LogP contribution >= 0.6 is 11.8 Å². The van der Waals surface area contributed by atoms with Crippen LogP contribution < -0.4 is 10.6 Å². The molecule has 0 aliphatic rings. The van der Waals surface area contributed by atoms with E-state index in [-0.39, 0.29) is 29.6 Å². The predicted molar refractivity (Wildman–Crippen MR) is 110 cm³/mol. The molecular weight excluding hydrogens is 412 g/mol. The molecule has 3 aromatic rings. The number of carbonyl (C=O) groups excluding carboxylic acids is 2. The lowest BCUT2D eigenvalue weighted by molar-refractivity contribution is -0.116. The summed E-state index contributed by atoms with van der Waals surface area (Å²) in [5.41, 5.74) is 0.585. The zero-order chi connectivity index (χ0) is 21.5. The van der Waals surface area contributed by atoms with Gasteiger partial charge in [-0.2, -0.15) is 0 Å². The maximum atomic E-state index is 13.7. The largest absolute Gasteiger partial charge is 0.325 e. The Hall–Kier alpha value is -3.27. The minimum atomic E-state index is -0.522. The van der Waals surface area contributed by atoms with Gasteiger partial charge in [-0.1, -0.05) is 23.9 Å². The fourth-order valence-corrected chi connectivity index (χ4v) is 3.46. The molecule has 10 heteroatoms. The van der Waals surface area contributed by atoms with E-state index in [4.69, 9.17) is 0 Å². The number of aromatic nitrogens is 3. The fourth-order valence-electron chi connectivity index (χ4n) is 2.64. The lowest BCUT2D eigenvalue weighted by Crippen LogP contribution is -2.18. The van der Waals surface area contributed by atoms with Gasteiger partial charge in [-0.3, -0.25) is 9.59 Å². The number of hydrogen-bond acceptors (Lipinski definition) is 5. The van der Waals surface area contributed by atoms with Gasteiger partial charge in [0.25, 0.3) is 0 Å². The van der Waals surface area contributed by atoms with Crippen molar-refractivity contribution in [2.45, 2.75) is 25.0 Å². The first-order valence-electron chi connectivity index (χ1n) is 9.11. The van der Waals surface area contributed by atoms with Gasteiger partial charge in [-0.05, 0) is 43.3 Å². The summed E-state index contributed by atoms with van der Waals surface area (Å²) in [5, 5.41) is 13.7. The second kappa shape index (κ2) is 9.97. The zero-order valence-corrected chi connectivity index (χ0v) is 16.9. The molecule has 1 heterocycles. The molecule has 1 aromatic heterocycles. The molecule has 156 valence electrons. The molecule has 3 rings (SSSR count). The number of carbonyl (C=O) groups is 2. The van der Waals surface area contributed by atoms with Crippen molar-refractivity contribution in [3.05, 3.63) is 66.0 Å². The van der Waals surface area contributed by atoms with Gasteiger partial charge in [0.2, 0.25) is 11.8 Å². The Bertz CT molecular complexity index is 1040. The highest BCUT2D eigenvalue weighted by Gasteiger charge is 2.16. The SMILES string of the molecule is CCn1c(CC(=O)Nc2ccccc2F)nnc1SCC(=O)Nc1ccc(F)cc1. The summed E-state index contributed by atoms with van der Waals surface area (Å²) < 4.78 is 28.3. The summed E-state index contributed by atoms with van der Waals surface area (Å²) in [6.45, 7) is 2.36. The smallest absolute Gasteiger partial charge is 0.234 e. The third kappa shape index (κ3) is 5.63. The van der Waals surface area contributed by atoms with Crippen LogP contribution in [0, 0.1) is 11.6 Å². The van der Waals surface area contributed by atoms with Gasteiger partial charge in [0.05, 0.1) is 17.9 Å². The molecule has 2 aromatic carbocycles. The van der Waals surface area contributed by atoms with E-state index in [1.807, 2.05) is 6.92 Å². The summed E-state index contributed by atoms with van der Waals surface area (Å²) in [7, 11) is 0. The Morgan fingerprint density at radius 1 is 1.00 bits per heavy atom. The summed E-state index contributed by atoms with van der Waals surface area (Å²) in [4.78, 5) is 24.4. The lowest BCUT2D eigenvalue weighted by atomic mass is 10.3. The number of nitrogens with zero attached hydrogens (tertiary/aromatic N) is 3. The van der Waals surface area contributed by atoms with E-state index in [9.17, 15) is 18.4 Å². The number of halogens is 2. The molecule has 2 amide bonds. The maximum absolute atomic E-state index is 13.7. The first-order valence-corrected chi connectivity index (χ1v) is 10.1. The quantitative estimate of drug-likeness (QED) is 0.533. The molecule has 0 saturated heterocycles. The maximum Gasteiger partial charge on any atom is 0.234 e. The second-order valence-corrected chi connectivity index (χ2v) is 7.13. The van der Waals surface area contributed by atoms with Crippen LogP contribution in [0.25, 0.3) is 0 Å². The number of benzene rings is 2. The van der Waals surface area contributed by atoms with Gasteiger partial charge in [-0.15, -0.1) is 10.2 Å². The number of amides is 2. The molecule has 0 saturated carbocycles. The Morgan fingerprint density at radius 2 is 1.73 bits per heavy atom. The normalized spacial score (nSPS) is 10.6. The number of anilines is 2. The van der Waals surface area contributed by atoms with Crippen LogP contribution in [0.15, 0.2) is 53.7 Å². The average molecular weight is 431 g/mol. The Kier molecular flexibility index (Phi) is 7.12. The Morgan fingerprint density at radius 3 is 2.43 bits per heavy atom. The molecule has 7 nitrogen and oxygen atoms in total. The van der Waals surface area contributed by atoms with Crippen molar-refractivity contribution in [2.75, 3.05) is 16.4 Å². The highest BCUT2D eigenvalue weighted by atomic mass is 32.2. The molecule has 0 spiro atoms. The van der Waals surface area contributed by atoms with Crippen LogP contribution in [0.2, 0.25) is 0 Å². The minimum absolute atomic E-state index is 0.0664. The van der Waals surface area contributed by atoms with Crippen molar-refractivity contribution in [3.8, 4) is 0 Å². The minimum Gasteiger partial charge on any atom is -0.325 e. The number of nitrogens with one attached hydrogen (secondary N) is 2. The average Bonchev–Trinajstić information content (AvgIpc) is 3.11. The molecule has 30 heavy (non-hydrogen) atoms. The van der Waals surface area contributed by atoms with Gasteiger partial charge in [0.15, 0.2) is 5.16 Å². The van der Waals surface area contributed by atoms with Crippen molar-refractivity contribution in [1.82, 2.24) is 14.8 Å². The first kappa shape index (κ1) is 21.4. The van der Waals surface area contributed by atoms with Gasteiger partial charge < -0.3 is 15.2 Å². The summed E-state index contributed by atoms with van der Waals surface area (Å²) in [6, 6.07) is 11.4. The Labute approximate surface area is 175 Å².